The number of hydrogen-bond acceptors (Lipinski definition) is 3. The highest BCUT2D eigenvalue weighted by Crippen LogP contribution is 2.29. The van der Waals surface area contributed by atoms with E-state index in [1.165, 1.54) is 0 Å². The summed E-state index contributed by atoms with van der Waals surface area (Å²) in [5.74, 6) is 1.10. The predicted octanol–water partition coefficient (Wildman–Crippen LogP) is 5.15. The van der Waals surface area contributed by atoms with Gasteiger partial charge in [0.25, 0.3) is 5.91 Å². The Bertz CT molecular complexity index is 1160. The van der Waals surface area contributed by atoms with Gasteiger partial charge in [0.1, 0.15) is 11.4 Å². The van der Waals surface area contributed by atoms with E-state index >= 15 is 0 Å². The molecule has 4 rings (SSSR count). The number of rotatable bonds is 4. The summed E-state index contributed by atoms with van der Waals surface area (Å²) >= 11 is 3.47. The molecule has 138 valence electrons. The first-order valence-electron chi connectivity index (χ1n) is 8.88. The van der Waals surface area contributed by atoms with E-state index < -0.39 is 0 Å². The quantitative estimate of drug-likeness (QED) is 0.454. The molecule has 0 fully saturated rings. The van der Waals surface area contributed by atoms with Crippen LogP contribution in [0.3, 0.4) is 0 Å². The molecule has 0 aliphatic rings. The zero-order chi connectivity index (χ0) is 19.1. The molecule has 0 aliphatic heterocycles. The summed E-state index contributed by atoms with van der Waals surface area (Å²) in [6.45, 7) is 5.22. The number of halogens is 1. The molecule has 4 aromatic rings. The predicted molar refractivity (Wildman–Crippen MR) is 110 cm³/mol. The van der Waals surface area contributed by atoms with Gasteiger partial charge in [-0.05, 0) is 44.2 Å². The van der Waals surface area contributed by atoms with E-state index in [9.17, 15) is 4.79 Å². The van der Waals surface area contributed by atoms with Crippen molar-refractivity contribution in [2.45, 2.75) is 26.9 Å². The number of benzene rings is 2. The average molecular weight is 426 g/mol. The van der Waals surface area contributed by atoms with Crippen LogP contribution in [-0.4, -0.2) is 27.4 Å². The van der Waals surface area contributed by atoms with Gasteiger partial charge in [-0.2, -0.15) is 0 Å². The molecule has 0 spiro atoms. The van der Waals surface area contributed by atoms with Gasteiger partial charge in [0, 0.05) is 29.0 Å². The Morgan fingerprint density at radius 3 is 2.81 bits per heavy atom. The number of amides is 1. The third kappa shape index (κ3) is 3.04. The molecule has 27 heavy (non-hydrogen) atoms. The molecule has 2 aromatic carbocycles. The van der Waals surface area contributed by atoms with Crippen LogP contribution in [0.25, 0.3) is 22.0 Å². The van der Waals surface area contributed by atoms with Crippen LogP contribution < -0.4 is 0 Å². The maximum absolute atomic E-state index is 13.0. The zero-order valence-electron chi connectivity index (χ0n) is 15.5. The minimum absolute atomic E-state index is 0.144. The van der Waals surface area contributed by atoms with Crippen LogP contribution in [0.1, 0.15) is 28.9 Å². The fourth-order valence-electron chi connectivity index (χ4n) is 3.45. The second kappa shape index (κ2) is 6.85. The Kier molecular flexibility index (Phi) is 4.52. The molecule has 2 aromatic heterocycles. The zero-order valence-corrected chi connectivity index (χ0v) is 17.1. The van der Waals surface area contributed by atoms with Crippen LogP contribution >= 0.6 is 15.9 Å². The Morgan fingerprint density at radius 2 is 2.04 bits per heavy atom. The number of carbonyl (C=O) groups is 1. The lowest BCUT2D eigenvalue weighted by atomic mass is 10.1. The second-order valence-electron chi connectivity index (χ2n) is 6.62. The lowest BCUT2D eigenvalue weighted by Crippen LogP contribution is -2.27. The summed E-state index contributed by atoms with van der Waals surface area (Å²) in [6.07, 6.45) is 0. The van der Waals surface area contributed by atoms with Crippen molar-refractivity contribution in [2.24, 2.45) is 0 Å². The third-order valence-electron chi connectivity index (χ3n) is 4.87. The van der Waals surface area contributed by atoms with Crippen molar-refractivity contribution in [3.05, 3.63) is 64.1 Å². The molecule has 5 nitrogen and oxygen atoms in total. The molecule has 0 N–H and O–H groups in total. The van der Waals surface area contributed by atoms with Crippen LogP contribution in [0.2, 0.25) is 0 Å². The highest BCUT2D eigenvalue weighted by Gasteiger charge is 2.23. The summed E-state index contributed by atoms with van der Waals surface area (Å²) < 4.78 is 8.95. The maximum atomic E-state index is 13.0. The number of hydrogen-bond donors (Lipinski definition) is 0. The maximum Gasteiger partial charge on any atom is 0.290 e. The third-order valence-corrected chi connectivity index (χ3v) is 5.36. The van der Waals surface area contributed by atoms with Crippen LogP contribution in [0.4, 0.5) is 0 Å². The van der Waals surface area contributed by atoms with Gasteiger partial charge in [-0.1, -0.05) is 28.1 Å². The molecular weight excluding hydrogens is 406 g/mol. The Balaban J connectivity index is 1.67. The lowest BCUT2D eigenvalue weighted by Gasteiger charge is -2.16. The molecule has 0 atom stereocenters. The van der Waals surface area contributed by atoms with E-state index in [0.717, 1.165) is 38.8 Å². The van der Waals surface area contributed by atoms with Gasteiger partial charge < -0.3 is 13.9 Å². The van der Waals surface area contributed by atoms with Gasteiger partial charge >= 0.3 is 0 Å². The van der Waals surface area contributed by atoms with E-state index in [1.54, 1.807) is 11.9 Å². The van der Waals surface area contributed by atoms with Gasteiger partial charge in [0.2, 0.25) is 0 Å². The molecule has 0 unspecified atom stereocenters. The molecule has 2 heterocycles. The Hall–Kier alpha value is -2.60. The molecule has 0 saturated heterocycles. The Morgan fingerprint density at radius 1 is 1.26 bits per heavy atom. The number of aryl methyl sites for hydroxylation is 2. The first kappa shape index (κ1) is 17.8. The number of aromatic nitrogens is 2. The summed E-state index contributed by atoms with van der Waals surface area (Å²) in [5.41, 5.74) is 3.60. The minimum Gasteiger partial charge on any atom is -0.451 e. The van der Waals surface area contributed by atoms with E-state index in [1.807, 2.05) is 43.3 Å². The molecule has 0 aliphatic carbocycles. The first-order chi connectivity index (χ1) is 13.0. The summed E-state index contributed by atoms with van der Waals surface area (Å²) in [4.78, 5) is 19.4. The molecule has 0 bridgehead atoms. The van der Waals surface area contributed by atoms with E-state index in [0.29, 0.717) is 17.9 Å². The number of fused-ring (bicyclic) bond motifs is 2. The standard InChI is InChI=1S/C21H20BrN3O2/c1-4-25-17-8-6-5-7-16(17)23-19(25)12-24(3)21(26)20-13(2)15-11-14(22)9-10-18(15)27-20/h5-11H,4,12H2,1-3H3. The number of furan rings is 1. The van der Waals surface area contributed by atoms with Crippen LogP contribution in [-0.2, 0) is 13.1 Å². The van der Waals surface area contributed by atoms with Crippen molar-refractivity contribution in [3.8, 4) is 0 Å². The van der Waals surface area contributed by atoms with Crippen molar-refractivity contribution in [1.82, 2.24) is 14.5 Å². The largest absolute Gasteiger partial charge is 0.451 e. The van der Waals surface area contributed by atoms with Gasteiger partial charge in [-0.15, -0.1) is 0 Å². The van der Waals surface area contributed by atoms with E-state index in [-0.39, 0.29) is 5.91 Å². The van der Waals surface area contributed by atoms with Crippen LogP contribution in [0, 0.1) is 6.92 Å². The van der Waals surface area contributed by atoms with Crippen molar-refractivity contribution in [2.75, 3.05) is 7.05 Å². The lowest BCUT2D eigenvalue weighted by molar-refractivity contribution is 0.0750. The van der Waals surface area contributed by atoms with Crippen molar-refractivity contribution < 1.29 is 9.21 Å². The second-order valence-corrected chi connectivity index (χ2v) is 7.53. The molecular formula is C21H20BrN3O2. The van der Waals surface area contributed by atoms with E-state index in [4.69, 9.17) is 9.40 Å². The van der Waals surface area contributed by atoms with Crippen molar-refractivity contribution >= 4 is 43.8 Å². The van der Waals surface area contributed by atoms with Crippen LogP contribution in [0.15, 0.2) is 51.4 Å². The van der Waals surface area contributed by atoms with E-state index in [2.05, 4.69) is 33.5 Å². The van der Waals surface area contributed by atoms with Gasteiger partial charge in [-0.25, -0.2) is 4.98 Å². The molecule has 0 radical (unpaired) electrons. The highest BCUT2D eigenvalue weighted by molar-refractivity contribution is 9.10. The SMILES string of the molecule is CCn1c(CN(C)C(=O)c2oc3ccc(Br)cc3c2C)nc2ccccc21. The van der Waals surface area contributed by atoms with Gasteiger partial charge in [-0.3, -0.25) is 4.79 Å². The monoisotopic (exact) mass is 425 g/mol. The fraction of sp³-hybridized carbons (Fsp3) is 0.238. The van der Waals surface area contributed by atoms with Crippen LogP contribution in [0.5, 0.6) is 0 Å². The van der Waals surface area contributed by atoms with Crippen molar-refractivity contribution in [3.63, 3.8) is 0 Å². The summed E-state index contributed by atoms with van der Waals surface area (Å²) in [5, 5.41) is 0.946. The first-order valence-corrected chi connectivity index (χ1v) is 9.67. The topological polar surface area (TPSA) is 51.3 Å². The van der Waals surface area contributed by atoms with Crippen molar-refractivity contribution in [1.29, 1.82) is 0 Å². The fourth-order valence-corrected chi connectivity index (χ4v) is 3.81. The highest BCUT2D eigenvalue weighted by atomic mass is 79.9. The van der Waals surface area contributed by atoms with Gasteiger partial charge in [0.05, 0.1) is 17.6 Å². The molecule has 1 amide bonds. The molecule has 6 heteroatoms. The summed E-state index contributed by atoms with van der Waals surface area (Å²) in [6, 6.07) is 13.8. The number of nitrogens with zero attached hydrogens (tertiary/aromatic N) is 3. The Labute approximate surface area is 165 Å². The number of para-hydroxylation sites is 2. The minimum atomic E-state index is -0.144. The average Bonchev–Trinajstić information content (AvgIpc) is 3.18. The normalized spacial score (nSPS) is 11.4. The van der Waals surface area contributed by atoms with Gasteiger partial charge in [0.15, 0.2) is 5.76 Å². The smallest absolute Gasteiger partial charge is 0.290 e. The summed E-state index contributed by atoms with van der Waals surface area (Å²) in [7, 11) is 1.78. The molecule has 0 saturated carbocycles. The number of carbonyl (C=O) groups excluding carboxylic acids is 1. The number of imidazole rings is 1.